The Bertz CT molecular complexity index is 989. The van der Waals surface area contributed by atoms with Crippen molar-refractivity contribution in [2.45, 2.75) is 51.3 Å². The predicted octanol–water partition coefficient (Wildman–Crippen LogP) is 5.37. The molecule has 1 aromatic heterocycles. The molecule has 0 saturated heterocycles. The van der Waals surface area contributed by atoms with E-state index in [1.165, 1.54) is 11.8 Å². The number of carbonyl (C=O) groups excluding carboxylic acids is 1. The lowest BCUT2D eigenvalue weighted by Crippen LogP contribution is -2.18. The highest BCUT2D eigenvalue weighted by atomic mass is 32.2. The van der Waals surface area contributed by atoms with Crippen LogP contribution in [0.4, 0.5) is 5.69 Å². The molecule has 1 amide bonds. The van der Waals surface area contributed by atoms with Crippen molar-refractivity contribution in [2.24, 2.45) is 7.05 Å². The van der Waals surface area contributed by atoms with Crippen LogP contribution < -0.4 is 10.1 Å². The normalized spacial score (nSPS) is 11.2. The van der Waals surface area contributed by atoms with Crippen LogP contribution >= 0.6 is 11.8 Å². The molecule has 31 heavy (non-hydrogen) atoms. The fourth-order valence-electron chi connectivity index (χ4n) is 3.26. The summed E-state index contributed by atoms with van der Waals surface area (Å²) in [5, 5.41) is 12.2. The molecule has 6 nitrogen and oxygen atoms in total. The highest BCUT2D eigenvalue weighted by Gasteiger charge is 2.17. The number of hydrogen-bond donors (Lipinski definition) is 1. The number of thioether (sulfide) groups is 1. The molecule has 0 aliphatic carbocycles. The third-order valence-electron chi connectivity index (χ3n) is 5.01. The highest BCUT2D eigenvalue weighted by molar-refractivity contribution is 7.99. The van der Waals surface area contributed by atoms with E-state index in [1.807, 2.05) is 41.9 Å². The van der Waals surface area contributed by atoms with Gasteiger partial charge in [0, 0.05) is 12.7 Å². The molecule has 0 aliphatic rings. The van der Waals surface area contributed by atoms with E-state index >= 15 is 0 Å². The minimum Gasteiger partial charge on any atom is -0.486 e. The molecule has 3 aromatic rings. The Morgan fingerprint density at radius 3 is 2.26 bits per heavy atom. The van der Waals surface area contributed by atoms with E-state index in [-0.39, 0.29) is 11.7 Å². The van der Waals surface area contributed by atoms with E-state index < -0.39 is 0 Å². The summed E-state index contributed by atoms with van der Waals surface area (Å²) in [6.07, 6.45) is 0. The van der Waals surface area contributed by atoms with Gasteiger partial charge in [-0.3, -0.25) is 4.79 Å². The number of rotatable bonds is 9. The van der Waals surface area contributed by atoms with E-state index in [4.69, 9.17) is 4.74 Å². The van der Waals surface area contributed by atoms with Gasteiger partial charge in [0.15, 0.2) is 11.0 Å². The average molecular weight is 439 g/mol. The van der Waals surface area contributed by atoms with Crippen molar-refractivity contribution in [2.75, 3.05) is 11.1 Å². The molecule has 1 heterocycles. The zero-order valence-corrected chi connectivity index (χ0v) is 19.6. The van der Waals surface area contributed by atoms with Crippen molar-refractivity contribution >= 4 is 23.4 Å². The second kappa shape index (κ2) is 10.5. The van der Waals surface area contributed by atoms with Crippen LogP contribution in [0.15, 0.2) is 53.7 Å². The minimum absolute atomic E-state index is 0.0508. The first-order valence-corrected chi connectivity index (χ1v) is 11.5. The van der Waals surface area contributed by atoms with Gasteiger partial charge < -0.3 is 14.6 Å². The third-order valence-corrected chi connectivity index (χ3v) is 6.03. The molecule has 0 aliphatic heterocycles. The van der Waals surface area contributed by atoms with E-state index in [1.54, 1.807) is 0 Å². The number of benzene rings is 2. The molecular weight excluding hydrogens is 408 g/mol. The lowest BCUT2D eigenvalue weighted by Gasteiger charge is -2.20. The van der Waals surface area contributed by atoms with Gasteiger partial charge in [-0.25, -0.2) is 0 Å². The Hall–Kier alpha value is -2.80. The molecule has 0 bridgehead atoms. The second-order valence-corrected chi connectivity index (χ2v) is 8.96. The van der Waals surface area contributed by atoms with Gasteiger partial charge in [-0.1, -0.05) is 75.9 Å². The average Bonchev–Trinajstić information content (AvgIpc) is 3.10. The fourth-order valence-corrected chi connectivity index (χ4v) is 3.99. The van der Waals surface area contributed by atoms with Crippen LogP contribution in [0.5, 0.6) is 5.75 Å². The highest BCUT2D eigenvalue weighted by Crippen LogP contribution is 2.32. The van der Waals surface area contributed by atoms with E-state index in [0.717, 1.165) is 22.6 Å². The van der Waals surface area contributed by atoms with Gasteiger partial charge in [-0.2, -0.15) is 0 Å². The lowest BCUT2D eigenvalue weighted by molar-refractivity contribution is -0.113. The van der Waals surface area contributed by atoms with Crippen LogP contribution in [0.3, 0.4) is 0 Å². The number of nitrogens with zero attached hydrogens (tertiary/aromatic N) is 3. The molecule has 7 heteroatoms. The first-order valence-electron chi connectivity index (χ1n) is 10.5. The van der Waals surface area contributed by atoms with Gasteiger partial charge in [0.2, 0.25) is 5.91 Å². The van der Waals surface area contributed by atoms with Gasteiger partial charge in [0.05, 0.1) is 5.75 Å². The third kappa shape index (κ3) is 5.88. The van der Waals surface area contributed by atoms with Crippen molar-refractivity contribution in [1.82, 2.24) is 14.8 Å². The first kappa shape index (κ1) is 22.9. The van der Waals surface area contributed by atoms with Crippen LogP contribution in [0, 0.1) is 0 Å². The maximum atomic E-state index is 12.8. The fraction of sp³-hybridized carbons (Fsp3) is 0.375. The molecule has 1 N–H and O–H groups in total. The molecule has 0 atom stereocenters. The zero-order chi connectivity index (χ0) is 22.4. The molecule has 0 saturated carbocycles. The summed E-state index contributed by atoms with van der Waals surface area (Å²) in [7, 11) is 1.88. The smallest absolute Gasteiger partial charge is 0.234 e. The Labute approximate surface area is 188 Å². The van der Waals surface area contributed by atoms with Gasteiger partial charge in [0.25, 0.3) is 0 Å². The van der Waals surface area contributed by atoms with Crippen molar-refractivity contribution in [1.29, 1.82) is 0 Å². The maximum absolute atomic E-state index is 12.8. The summed E-state index contributed by atoms with van der Waals surface area (Å²) in [5.41, 5.74) is 3.25. The molecule has 3 rings (SSSR count). The number of ether oxygens (including phenoxy) is 1. The van der Waals surface area contributed by atoms with Crippen molar-refractivity contribution < 1.29 is 9.53 Å². The monoisotopic (exact) mass is 438 g/mol. The summed E-state index contributed by atoms with van der Waals surface area (Å²) in [6, 6.07) is 15.8. The van der Waals surface area contributed by atoms with Crippen molar-refractivity contribution in [3.8, 4) is 5.75 Å². The zero-order valence-electron chi connectivity index (χ0n) is 18.8. The molecular formula is C24H30N4O2S. The molecule has 0 radical (unpaired) electrons. The molecule has 0 unspecified atom stereocenters. The number of hydrogen-bond acceptors (Lipinski definition) is 5. The number of anilines is 1. The predicted molar refractivity (Wildman–Crippen MR) is 126 cm³/mol. The van der Waals surface area contributed by atoms with Crippen LogP contribution in [0.1, 0.15) is 56.5 Å². The van der Waals surface area contributed by atoms with E-state index in [9.17, 15) is 4.79 Å². The summed E-state index contributed by atoms with van der Waals surface area (Å²) in [5.74, 6) is 2.35. The van der Waals surface area contributed by atoms with E-state index in [2.05, 4.69) is 61.4 Å². The van der Waals surface area contributed by atoms with Crippen molar-refractivity contribution in [3.63, 3.8) is 0 Å². The van der Waals surface area contributed by atoms with Gasteiger partial charge in [-0.05, 0) is 35.1 Å². The Kier molecular flexibility index (Phi) is 7.74. The van der Waals surface area contributed by atoms with Crippen LogP contribution in [-0.4, -0.2) is 26.4 Å². The number of para-hydroxylation sites is 2. The summed E-state index contributed by atoms with van der Waals surface area (Å²) >= 11 is 1.37. The van der Waals surface area contributed by atoms with Crippen LogP contribution in [0.2, 0.25) is 0 Å². The van der Waals surface area contributed by atoms with Crippen LogP contribution in [-0.2, 0) is 18.4 Å². The van der Waals surface area contributed by atoms with Gasteiger partial charge in [0.1, 0.15) is 12.4 Å². The van der Waals surface area contributed by atoms with Gasteiger partial charge in [-0.15, -0.1) is 10.2 Å². The topological polar surface area (TPSA) is 69.0 Å². The number of nitrogens with one attached hydrogen (secondary N) is 1. The quantitative estimate of drug-likeness (QED) is 0.455. The molecule has 0 spiro atoms. The van der Waals surface area contributed by atoms with Crippen molar-refractivity contribution in [3.05, 3.63) is 65.5 Å². The standard InChI is InChI=1S/C24H30N4O2S/c1-16(2)19-12-9-13-20(17(3)4)23(19)25-22(29)15-31-24-27-26-21(28(24)5)14-30-18-10-7-6-8-11-18/h6-13,16-17H,14-15H2,1-5H3,(H,25,29). The second-order valence-electron chi connectivity index (χ2n) is 8.02. The Morgan fingerprint density at radius 2 is 1.65 bits per heavy atom. The number of carbonyl (C=O) groups is 1. The van der Waals surface area contributed by atoms with E-state index in [0.29, 0.717) is 29.4 Å². The number of aromatic nitrogens is 3. The molecule has 2 aromatic carbocycles. The SMILES string of the molecule is CC(C)c1cccc(C(C)C)c1NC(=O)CSc1nnc(COc2ccccc2)n1C. The summed E-state index contributed by atoms with van der Waals surface area (Å²) in [4.78, 5) is 12.8. The Balaban J connectivity index is 1.62. The summed E-state index contributed by atoms with van der Waals surface area (Å²) in [6.45, 7) is 8.88. The largest absolute Gasteiger partial charge is 0.486 e. The molecule has 0 fully saturated rings. The van der Waals surface area contributed by atoms with Gasteiger partial charge >= 0.3 is 0 Å². The minimum atomic E-state index is -0.0508. The summed E-state index contributed by atoms with van der Waals surface area (Å²) < 4.78 is 7.61. The molecule has 164 valence electrons. The first-order chi connectivity index (χ1) is 14.9. The van der Waals surface area contributed by atoms with Crippen LogP contribution in [0.25, 0.3) is 0 Å². The maximum Gasteiger partial charge on any atom is 0.234 e. The lowest BCUT2D eigenvalue weighted by atomic mass is 9.92. The Morgan fingerprint density at radius 1 is 1.00 bits per heavy atom. The number of amides is 1.